The van der Waals surface area contributed by atoms with Crippen LogP contribution >= 0.6 is 0 Å². The highest BCUT2D eigenvalue weighted by Crippen LogP contribution is 2.60. The van der Waals surface area contributed by atoms with E-state index >= 15 is 0 Å². The molecule has 0 heterocycles. The third-order valence-corrected chi connectivity index (χ3v) is 8.76. The monoisotopic (exact) mass is 399 g/mol. The molecule has 4 aliphatic rings. The van der Waals surface area contributed by atoms with Gasteiger partial charge in [-0.15, -0.1) is 0 Å². The number of anilines is 1. The molecule has 0 radical (unpaired) electrons. The van der Waals surface area contributed by atoms with Gasteiger partial charge in [-0.05, 0) is 110 Å². The zero-order valence-electron chi connectivity index (χ0n) is 16.1. The summed E-state index contributed by atoms with van der Waals surface area (Å²) in [6, 6.07) is 11.7. The summed E-state index contributed by atoms with van der Waals surface area (Å²) in [4.78, 5) is 0.110. The van der Waals surface area contributed by atoms with Gasteiger partial charge in [0, 0.05) is 5.69 Å². The minimum Gasteiger partial charge on any atom is -0.280 e. The molecule has 0 saturated heterocycles. The number of hydrogen-bond acceptors (Lipinski definition) is 2. The van der Waals surface area contributed by atoms with E-state index < -0.39 is 15.8 Å². The van der Waals surface area contributed by atoms with Crippen molar-refractivity contribution in [1.29, 1.82) is 0 Å². The molecule has 1 N–H and O–H groups in total. The van der Waals surface area contributed by atoms with Gasteiger partial charge in [0.1, 0.15) is 5.82 Å². The van der Waals surface area contributed by atoms with E-state index in [0.29, 0.717) is 16.7 Å². The van der Waals surface area contributed by atoms with Gasteiger partial charge in [-0.25, -0.2) is 12.8 Å². The van der Waals surface area contributed by atoms with Gasteiger partial charge in [-0.2, -0.15) is 0 Å². The van der Waals surface area contributed by atoms with E-state index in [0.717, 1.165) is 17.8 Å². The smallest absolute Gasteiger partial charge is 0.262 e. The molecule has 0 atom stereocenters. The summed E-state index contributed by atoms with van der Waals surface area (Å²) >= 11 is 0. The van der Waals surface area contributed by atoms with Gasteiger partial charge >= 0.3 is 0 Å². The predicted molar refractivity (Wildman–Crippen MR) is 108 cm³/mol. The number of sulfonamides is 1. The summed E-state index contributed by atoms with van der Waals surface area (Å²) in [5, 5.41) is 0. The van der Waals surface area contributed by atoms with Crippen LogP contribution < -0.4 is 4.72 Å². The predicted octanol–water partition coefficient (Wildman–Crippen LogP) is 5.40. The van der Waals surface area contributed by atoms with Crippen molar-refractivity contribution < 1.29 is 12.8 Å². The minimum atomic E-state index is -3.74. The summed E-state index contributed by atoms with van der Waals surface area (Å²) < 4.78 is 41.4. The van der Waals surface area contributed by atoms with Crippen molar-refractivity contribution in [2.75, 3.05) is 4.72 Å². The van der Waals surface area contributed by atoms with Crippen LogP contribution in [0.2, 0.25) is 0 Å². The Labute approximate surface area is 166 Å². The van der Waals surface area contributed by atoms with Crippen molar-refractivity contribution in [3.05, 3.63) is 59.4 Å². The van der Waals surface area contributed by atoms with E-state index in [9.17, 15) is 12.8 Å². The molecule has 0 spiro atoms. The summed E-state index contributed by atoms with van der Waals surface area (Å²) in [7, 11) is -3.74. The van der Waals surface area contributed by atoms with Gasteiger partial charge in [0.05, 0.1) is 4.90 Å². The molecule has 0 amide bonds. The summed E-state index contributed by atoms with van der Waals surface area (Å²) in [6.07, 6.45) is 8.10. The highest BCUT2D eigenvalue weighted by atomic mass is 32.2. The molecular formula is C23H26FNO2S. The third-order valence-electron chi connectivity index (χ3n) is 7.21. The van der Waals surface area contributed by atoms with E-state index in [2.05, 4.69) is 16.9 Å². The van der Waals surface area contributed by atoms with Crippen LogP contribution in [0.4, 0.5) is 10.1 Å². The standard InChI is InChI=1S/C23H26FNO2S/c1-15-8-20(24)4-7-22(15)28(26,27)25-21-5-2-19(3-6-21)23-12-16-9-17(13-23)11-18(10-16)14-23/h2-8,16-18,25H,9-14H2,1H3. The lowest BCUT2D eigenvalue weighted by molar-refractivity contribution is -0.00518. The van der Waals surface area contributed by atoms with Crippen LogP contribution in [0, 0.1) is 30.5 Å². The first-order chi connectivity index (χ1) is 13.3. The van der Waals surface area contributed by atoms with Crippen LogP contribution in [-0.4, -0.2) is 8.42 Å². The fourth-order valence-electron chi connectivity index (χ4n) is 6.48. The molecule has 6 rings (SSSR count). The topological polar surface area (TPSA) is 46.2 Å². The average molecular weight is 400 g/mol. The second-order valence-corrected chi connectivity index (χ2v) is 10.9. The summed E-state index contributed by atoms with van der Waals surface area (Å²) in [5.41, 5.74) is 2.63. The molecule has 4 aliphatic carbocycles. The third kappa shape index (κ3) is 3.04. The molecule has 3 nitrogen and oxygen atoms in total. The molecule has 0 aliphatic heterocycles. The number of hydrogen-bond donors (Lipinski definition) is 1. The van der Waals surface area contributed by atoms with E-state index in [1.165, 1.54) is 62.3 Å². The fourth-order valence-corrected chi connectivity index (χ4v) is 7.77. The highest BCUT2D eigenvalue weighted by molar-refractivity contribution is 7.92. The molecule has 2 aromatic carbocycles. The van der Waals surface area contributed by atoms with Crippen LogP contribution in [0.3, 0.4) is 0 Å². The zero-order valence-corrected chi connectivity index (χ0v) is 16.9. The van der Waals surface area contributed by atoms with Crippen molar-refractivity contribution in [3.63, 3.8) is 0 Å². The van der Waals surface area contributed by atoms with Crippen molar-refractivity contribution in [1.82, 2.24) is 0 Å². The Morgan fingerprint density at radius 1 is 0.929 bits per heavy atom. The average Bonchev–Trinajstić information content (AvgIpc) is 2.60. The quantitative estimate of drug-likeness (QED) is 0.748. The van der Waals surface area contributed by atoms with Gasteiger partial charge in [0.25, 0.3) is 10.0 Å². The molecule has 0 aromatic heterocycles. The van der Waals surface area contributed by atoms with Crippen molar-refractivity contribution in [3.8, 4) is 0 Å². The van der Waals surface area contributed by atoms with Crippen molar-refractivity contribution in [2.45, 2.75) is 55.8 Å². The van der Waals surface area contributed by atoms with Crippen LogP contribution in [0.15, 0.2) is 47.4 Å². The Kier molecular flexibility index (Phi) is 4.10. The molecule has 2 aromatic rings. The van der Waals surface area contributed by atoms with Crippen LogP contribution in [0.25, 0.3) is 0 Å². The Morgan fingerprint density at radius 3 is 2.04 bits per heavy atom. The SMILES string of the molecule is Cc1cc(F)ccc1S(=O)(=O)Nc1ccc(C23CC4CC(CC(C4)C2)C3)cc1. The second-order valence-electron chi connectivity index (χ2n) is 9.29. The second kappa shape index (κ2) is 6.31. The largest absolute Gasteiger partial charge is 0.280 e. The molecule has 4 saturated carbocycles. The Morgan fingerprint density at radius 2 is 1.50 bits per heavy atom. The molecule has 4 bridgehead atoms. The first-order valence-electron chi connectivity index (χ1n) is 10.2. The van der Waals surface area contributed by atoms with E-state index in [4.69, 9.17) is 0 Å². The lowest BCUT2D eigenvalue weighted by Crippen LogP contribution is -2.48. The number of aryl methyl sites for hydroxylation is 1. The van der Waals surface area contributed by atoms with Gasteiger partial charge in [0.15, 0.2) is 0 Å². The van der Waals surface area contributed by atoms with Gasteiger partial charge < -0.3 is 0 Å². The van der Waals surface area contributed by atoms with Crippen LogP contribution in [0.1, 0.15) is 49.7 Å². The normalized spacial score (nSPS) is 31.1. The maximum Gasteiger partial charge on any atom is 0.262 e. The zero-order chi connectivity index (χ0) is 19.5. The fraction of sp³-hybridized carbons (Fsp3) is 0.478. The first kappa shape index (κ1) is 18.2. The lowest BCUT2D eigenvalue weighted by atomic mass is 9.48. The van der Waals surface area contributed by atoms with E-state index in [1.807, 2.05) is 12.1 Å². The molecule has 5 heteroatoms. The van der Waals surface area contributed by atoms with E-state index in [-0.39, 0.29) is 4.90 Å². The summed E-state index contributed by atoms with van der Waals surface area (Å²) in [6.45, 7) is 1.60. The van der Waals surface area contributed by atoms with Gasteiger partial charge in [0.2, 0.25) is 0 Å². The van der Waals surface area contributed by atoms with Crippen molar-refractivity contribution >= 4 is 15.7 Å². The Balaban J connectivity index is 1.38. The molecular weight excluding hydrogens is 373 g/mol. The maximum absolute atomic E-state index is 13.3. The van der Waals surface area contributed by atoms with Gasteiger partial charge in [-0.1, -0.05) is 12.1 Å². The lowest BCUT2D eigenvalue weighted by Gasteiger charge is -2.57. The highest BCUT2D eigenvalue weighted by Gasteiger charge is 2.51. The molecule has 0 unspecified atom stereocenters. The number of nitrogens with one attached hydrogen (secondary N) is 1. The minimum absolute atomic E-state index is 0.110. The number of benzene rings is 2. The van der Waals surface area contributed by atoms with Crippen molar-refractivity contribution in [2.24, 2.45) is 17.8 Å². The molecule has 28 heavy (non-hydrogen) atoms. The molecule has 148 valence electrons. The van der Waals surface area contributed by atoms with Crippen LogP contribution in [0.5, 0.6) is 0 Å². The van der Waals surface area contributed by atoms with E-state index in [1.54, 1.807) is 6.92 Å². The molecule has 4 fully saturated rings. The maximum atomic E-state index is 13.3. The number of rotatable bonds is 4. The first-order valence-corrected chi connectivity index (χ1v) is 11.7. The number of halogens is 1. The van der Waals surface area contributed by atoms with Gasteiger partial charge in [-0.3, -0.25) is 4.72 Å². The van der Waals surface area contributed by atoms with Crippen LogP contribution in [-0.2, 0) is 15.4 Å². The summed E-state index contributed by atoms with van der Waals surface area (Å²) in [5.74, 6) is 2.21. The Hall–Kier alpha value is -1.88. The Bertz CT molecular complexity index is 978.